The summed E-state index contributed by atoms with van der Waals surface area (Å²) in [7, 11) is 0. The van der Waals surface area contributed by atoms with E-state index in [1.807, 2.05) is 0 Å². The van der Waals surface area contributed by atoms with Crippen LogP contribution in [-0.2, 0) is 0 Å². The highest BCUT2D eigenvalue weighted by Gasteiger charge is 2.13. The van der Waals surface area contributed by atoms with Crippen molar-refractivity contribution in [1.29, 1.82) is 0 Å². The third-order valence-electron chi connectivity index (χ3n) is 3.87. The Balaban J connectivity index is 2.20. The summed E-state index contributed by atoms with van der Waals surface area (Å²) in [6, 6.07) is 2.69. The van der Waals surface area contributed by atoms with E-state index in [9.17, 15) is 15.0 Å². The minimum Gasteiger partial charge on any atom is -0.507 e. The molecule has 0 amide bonds. The Hall–Kier alpha value is -1.03. The molecule has 0 heterocycles. The van der Waals surface area contributed by atoms with Crippen molar-refractivity contribution in [2.45, 2.75) is 71.1 Å². The van der Waals surface area contributed by atoms with Gasteiger partial charge in [-0.15, -0.1) is 0 Å². The van der Waals surface area contributed by atoms with Crippen molar-refractivity contribution in [2.24, 2.45) is 0 Å². The molecule has 0 radical (unpaired) electrons. The molecule has 0 fully saturated rings. The number of phenolic OH excluding ortho intramolecular Hbond substituents is 2. The van der Waals surface area contributed by atoms with E-state index < -0.39 is 0 Å². The van der Waals surface area contributed by atoms with Crippen LogP contribution in [0, 0.1) is 0 Å². The van der Waals surface area contributed by atoms with E-state index in [-0.39, 0.29) is 22.8 Å². The molecule has 0 aliphatic heterocycles. The van der Waals surface area contributed by atoms with Gasteiger partial charge in [-0.1, -0.05) is 58.3 Å². The van der Waals surface area contributed by atoms with Crippen molar-refractivity contribution < 1.29 is 15.0 Å². The molecule has 0 bridgehead atoms. The smallest absolute Gasteiger partial charge is 0.166 e. The van der Waals surface area contributed by atoms with E-state index in [2.05, 4.69) is 22.9 Å². The zero-order chi connectivity index (χ0) is 16.4. The van der Waals surface area contributed by atoms with Crippen LogP contribution >= 0.6 is 15.9 Å². The first-order chi connectivity index (χ1) is 10.6. The van der Waals surface area contributed by atoms with Crippen LogP contribution in [-0.4, -0.2) is 16.0 Å². The molecule has 1 aromatic rings. The van der Waals surface area contributed by atoms with Crippen LogP contribution < -0.4 is 0 Å². The van der Waals surface area contributed by atoms with E-state index >= 15 is 0 Å². The molecule has 0 aliphatic carbocycles. The zero-order valence-electron chi connectivity index (χ0n) is 13.4. The Morgan fingerprint density at radius 1 is 0.909 bits per heavy atom. The molecule has 124 valence electrons. The molecule has 1 aromatic carbocycles. The van der Waals surface area contributed by atoms with Crippen molar-refractivity contribution in [3.63, 3.8) is 0 Å². The second kappa shape index (κ2) is 10.7. The van der Waals surface area contributed by atoms with Gasteiger partial charge < -0.3 is 10.2 Å². The Morgan fingerprint density at radius 3 is 2.05 bits per heavy atom. The molecule has 2 N–H and O–H groups in total. The molecule has 1 rings (SSSR count). The SMILES string of the molecule is CCCCCCCCCCCC(=O)c1cc(Br)c(O)cc1O. The largest absolute Gasteiger partial charge is 0.507 e. The van der Waals surface area contributed by atoms with Gasteiger partial charge in [0.05, 0.1) is 10.0 Å². The summed E-state index contributed by atoms with van der Waals surface area (Å²) in [5, 5.41) is 19.2. The molecule has 0 unspecified atom stereocenters. The second-order valence-corrected chi connectivity index (χ2v) is 6.68. The first-order valence-corrected chi connectivity index (χ1v) is 9.10. The fourth-order valence-corrected chi connectivity index (χ4v) is 2.85. The Morgan fingerprint density at radius 2 is 1.45 bits per heavy atom. The lowest BCUT2D eigenvalue weighted by molar-refractivity contribution is 0.0976. The van der Waals surface area contributed by atoms with E-state index in [0.717, 1.165) is 12.8 Å². The van der Waals surface area contributed by atoms with Gasteiger partial charge in [0.1, 0.15) is 11.5 Å². The Bertz CT molecular complexity index is 472. The summed E-state index contributed by atoms with van der Waals surface area (Å²) in [5.74, 6) is -0.278. The number of unbranched alkanes of at least 4 members (excludes halogenated alkanes) is 8. The lowest BCUT2D eigenvalue weighted by Gasteiger charge is -2.06. The fourth-order valence-electron chi connectivity index (χ4n) is 2.51. The number of benzene rings is 1. The highest BCUT2D eigenvalue weighted by Crippen LogP contribution is 2.32. The normalized spacial score (nSPS) is 10.8. The number of Topliss-reactive ketones (excluding diaryl/α,β-unsaturated/α-hetero) is 1. The van der Waals surface area contributed by atoms with Gasteiger partial charge in [0.15, 0.2) is 5.78 Å². The third kappa shape index (κ3) is 6.82. The number of hydrogen-bond acceptors (Lipinski definition) is 3. The second-order valence-electron chi connectivity index (χ2n) is 5.82. The summed E-state index contributed by atoms with van der Waals surface area (Å²) in [5.41, 5.74) is 0.282. The van der Waals surface area contributed by atoms with Crippen LogP contribution in [0.3, 0.4) is 0 Å². The van der Waals surface area contributed by atoms with Crippen molar-refractivity contribution in [2.75, 3.05) is 0 Å². The van der Waals surface area contributed by atoms with Crippen molar-refractivity contribution in [1.82, 2.24) is 0 Å². The standard InChI is InChI=1S/C18H27BrO3/c1-2-3-4-5-6-7-8-9-10-11-16(20)14-12-15(19)18(22)13-17(14)21/h12-13,21-22H,2-11H2,1H3. The molecule has 0 aliphatic rings. The molecule has 0 atom stereocenters. The lowest BCUT2D eigenvalue weighted by Crippen LogP contribution is -1.99. The minimum absolute atomic E-state index is 0.0582. The van der Waals surface area contributed by atoms with Crippen molar-refractivity contribution >= 4 is 21.7 Å². The summed E-state index contributed by atoms with van der Waals surface area (Å²) in [6.45, 7) is 2.22. The Kier molecular flexibility index (Phi) is 9.21. The highest BCUT2D eigenvalue weighted by molar-refractivity contribution is 9.10. The molecular formula is C18H27BrO3. The summed E-state index contributed by atoms with van der Waals surface area (Å²) in [4.78, 5) is 12.1. The van der Waals surface area contributed by atoms with E-state index in [4.69, 9.17) is 0 Å². The monoisotopic (exact) mass is 370 g/mol. The lowest BCUT2D eigenvalue weighted by atomic mass is 10.0. The van der Waals surface area contributed by atoms with Gasteiger partial charge in [0.25, 0.3) is 0 Å². The Labute approximate surface area is 141 Å². The molecule has 22 heavy (non-hydrogen) atoms. The first kappa shape index (κ1) is 19.0. The number of carbonyl (C=O) groups excluding carboxylic acids is 1. The van der Waals surface area contributed by atoms with Crippen LogP contribution in [0.2, 0.25) is 0 Å². The molecule has 4 heteroatoms. The number of rotatable bonds is 11. The molecule has 3 nitrogen and oxygen atoms in total. The van der Waals surface area contributed by atoms with Gasteiger partial charge in [0, 0.05) is 12.5 Å². The quantitative estimate of drug-likeness (QED) is 0.372. The topological polar surface area (TPSA) is 57.5 Å². The number of ketones is 1. The number of carbonyl (C=O) groups is 1. The van der Waals surface area contributed by atoms with E-state index in [1.165, 1.54) is 57.1 Å². The number of aromatic hydroxyl groups is 2. The van der Waals surface area contributed by atoms with Gasteiger partial charge >= 0.3 is 0 Å². The maximum Gasteiger partial charge on any atom is 0.166 e. The van der Waals surface area contributed by atoms with Crippen LogP contribution in [0.1, 0.15) is 81.5 Å². The number of phenols is 2. The van der Waals surface area contributed by atoms with Gasteiger partial charge in [-0.05, 0) is 28.4 Å². The van der Waals surface area contributed by atoms with Gasteiger partial charge in [-0.25, -0.2) is 0 Å². The summed E-state index contributed by atoms with van der Waals surface area (Å²) in [6.07, 6.45) is 11.3. The third-order valence-corrected chi connectivity index (χ3v) is 4.51. The van der Waals surface area contributed by atoms with Gasteiger partial charge in [-0.2, -0.15) is 0 Å². The molecule has 0 aromatic heterocycles. The van der Waals surface area contributed by atoms with Crippen LogP contribution in [0.25, 0.3) is 0 Å². The maximum absolute atomic E-state index is 12.1. The zero-order valence-corrected chi connectivity index (χ0v) is 15.0. The molecule has 0 spiro atoms. The number of hydrogen-bond donors (Lipinski definition) is 2. The van der Waals surface area contributed by atoms with Crippen LogP contribution in [0.15, 0.2) is 16.6 Å². The average molecular weight is 371 g/mol. The van der Waals surface area contributed by atoms with Crippen molar-refractivity contribution in [3.8, 4) is 11.5 Å². The summed E-state index contributed by atoms with van der Waals surface area (Å²) >= 11 is 3.16. The molecular weight excluding hydrogens is 344 g/mol. The van der Waals surface area contributed by atoms with E-state index in [1.54, 1.807) is 0 Å². The first-order valence-electron chi connectivity index (χ1n) is 8.31. The van der Waals surface area contributed by atoms with Crippen molar-refractivity contribution in [3.05, 3.63) is 22.2 Å². The summed E-state index contributed by atoms with van der Waals surface area (Å²) < 4.78 is 0.431. The molecule has 0 saturated carbocycles. The predicted octanol–water partition coefficient (Wildman–Crippen LogP) is 5.96. The number of halogens is 1. The van der Waals surface area contributed by atoms with Crippen LogP contribution in [0.4, 0.5) is 0 Å². The maximum atomic E-state index is 12.1. The minimum atomic E-state index is -0.151. The van der Waals surface area contributed by atoms with E-state index in [0.29, 0.717) is 10.9 Å². The average Bonchev–Trinajstić information content (AvgIpc) is 2.49. The fraction of sp³-hybridized carbons (Fsp3) is 0.611. The van der Waals surface area contributed by atoms with Crippen LogP contribution in [0.5, 0.6) is 11.5 Å². The predicted molar refractivity (Wildman–Crippen MR) is 93.6 cm³/mol. The van der Waals surface area contributed by atoms with Gasteiger partial charge in [-0.3, -0.25) is 4.79 Å². The molecule has 0 saturated heterocycles. The highest BCUT2D eigenvalue weighted by atomic mass is 79.9. The van der Waals surface area contributed by atoms with Gasteiger partial charge in [0.2, 0.25) is 0 Å².